The molecule has 1 aromatic carbocycles. The lowest BCUT2D eigenvalue weighted by Gasteiger charge is -2.12. The molecule has 3 atom stereocenters. The summed E-state index contributed by atoms with van der Waals surface area (Å²) in [6, 6.07) is 5.63. The van der Waals surface area contributed by atoms with Gasteiger partial charge in [-0.1, -0.05) is 37.1 Å². The van der Waals surface area contributed by atoms with E-state index in [0.717, 1.165) is 42.5 Å². The lowest BCUT2D eigenvalue weighted by Crippen LogP contribution is -2.25. The van der Waals surface area contributed by atoms with Gasteiger partial charge >= 0.3 is 0 Å². The van der Waals surface area contributed by atoms with Crippen LogP contribution in [-0.2, 0) is 6.54 Å². The van der Waals surface area contributed by atoms with Gasteiger partial charge < -0.3 is 15.7 Å². The lowest BCUT2D eigenvalue weighted by atomic mass is 9.98. The Bertz CT molecular complexity index is 671. The van der Waals surface area contributed by atoms with Gasteiger partial charge in [-0.2, -0.15) is 11.8 Å². The normalized spacial score (nSPS) is 19.6. The zero-order valence-electron chi connectivity index (χ0n) is 18.2. The molecule has 3 N–H and O–H groups in total. The van der Waals surface area contributed by atoms with Crippen molar-refractivity contribution in [1.82, 2.24) is 10.6 Å². The van der Waals surface area contributed by atoms with E-state index in [1.165, 1.54) is 25.7 Å². The standard InChI is InChI=1S/C24H37ClN2O2S/c1-3-5-19-7-8-20(14-19)6-4-11-27-24(29)22-15-21(9-10-23(22)25)16-26-12-13-30-18(2)17-28/h3,9-10,15,18-20,26,28H,1,4-8,11-14,16-17H2,2H3,(H,27,29). The summed E-state index contributed by atoms with van der Waals surface area (Å²) in [7, 11) is 0. The first kappa shape index (κ1) is 25.3. The number of allylic oxidation sites excluding steroid dienone is 1. The third kappa shape index (κ3) is 9.01. The fraction of sp³-hybridized carbons (Fsp3) is 0.625. The number of thioether (sulfide) groups is 1. The van der Waals surface area contributed by atoms with Crippen LogP contribution in [0.1, 0.15) is 61.4 Å². The zero-order valence-corrected chi connectivity index (χ0v) is 19.7. The number of carbonyl (C=O) groups is 1. The second kappa shape index (κ2) is 14.1. The molecular formula is C24H37ClN2O2S. The van der Waals surface area contributed by atoms with Crippen LogP contribution in [0.25, 0.3) is 0 Å². The molecule has 4 nitrogen and oxygen atoms in total. The number of nitrogens with one attached hydrogen (secondary N) is 2. The summed E-state index contributed by atoms with van der Waals surface area (Å²) in [6.07, 6.45) is 9.30. The average molecular weight is 453 g/mol. The number of amides is 1. The summed E-state index contributed by atoms with van der Waals surface area (Å²) >= 11 is 8.01. The van der Waals surface area contributed by atoms with Crippen molar-refractivity contribution in [2.24, 2.45) is 11.8 Å². The van der Waals surface area contributed by atoms with Crippen molar-refractivity contribution in [3.8, 4) is 0 Å². The predicted octanol–water partition coefficient (Wildman–Crippen LogP) is 5.05. The third-order valence-corrected chi connectivity index (χ3v) is 7.25. The van der Waals surface area contributed by atoms with Gasteiger partial charge in [-0.3, -0.25) is 4.79 Å². The summed E-state index contributed by atoms with van der Waals surface area (Å²) in [5, 5.41) is 16.2. The molecule has 1 amide bonds. The number of aliphatic hydroxyl groups excluding tert-OH is 1. The Labute approximate surface area is 191 Å². The SMILES string of the molecule is C=CCC1CCC(CCCNC(=O)c2cc(CNCCSC(C)CO)ccc2Cl)C1. The van der Waals surface area contributed by atoms with E-state index in [9.17, 15) is 4.79 Å². The van der Waals surface area contributed by atoms with Gasteiger partial charge in [0.2, 0.25) is 0 Å². The molecule has 3 unspecified atom stereocenters. The van der Waals surface area contributed by atoms with E-state index in [0.29, 0.717) is 23.7 Å². The number of carbonyl (C=O) groups excluding carboxylic acids is 1. The Morgan fingerprint density at radius 1 is 1.37 bits per heavy atom. The lowest BCUT2D eigenvalue weighted by molar-refractivity contribution is 0.0952. The van der Waals surface area contributed by atoms with E-state index in [1.54, 1.807) is 17.8 Å². The molecular weight excluding hydrogens is 416 g/mol. The molecule has 1 aromatic rings. The predicted molar refractivity (Wildman–Crippen MR) is 129 cm³/mol. The zero-order chi connectivity index (χ0) is 21.8. The number of hydrogen-bond acceptors (Lipinski definition) is 4. The van der Waals surface area contributed by atoms with E-state index in [-0.39, 0.29) is 17.8 Å². The first-order valence-electron chi connectivity index (χ1n) is 11.1. The van der Waals surface area contributed by atoms with Crippen molar-refractivity contribution in [1.29, 1.82) is 0 Å². The van der Waals surface area contributed by atoms with Gasteiger partial charge in [-0.15, -0.1) is 6.58 Å². The topological polar surface area (TPSA) is 61.4 Å². The van der Waals surface area contributed by atoms with Crippen molar-refractivity contribution < 1.29 is 9.90 Å². The average Bonchev–Trinajstić information content (AvgIpc) is 3.19. The van der Waals surface area contributed by atoms with Crippen LogP contribution in [0.15, 0.2) is 30.9 Å². The van der Waals surface area contributed by atoms with Gasteiger partial charge in [0.25, 0.3) is 5.91 Å². The monoisotopic (exact) mass is 452 g/mol. The summed E-state index contributed by atoms with van der Waals surface area (Å²) in [5.74, 6) is 2.46. The fourth-order valence-electron chi connectivity index (χ4n) is 4.05. The van der Waals surface area contributed by atoms with Crippen molar-refractivity contribution in [3.63, 3.8) is 0 Å². The van der Waals surface area contributed by atoms with Gasteiger partial charge in [-0.05, 0) is 61.6 Å². The third-order valence-electron chi connectivity index (χ3n) is 5.77. The molecule has 30 heavy (non-hydrogen) atoms. The number of halogens is 1. The molecule has 0 aliphatic heterocycles. The van der Waals surface area contributed by atoms with Gasteiger partial charge in [0.15, 0.2) is 0 Å². The summed E-state index contributed by atoms with van der Waals surface area (Å²) < 4.78 is 0. The van der Waals surface area contributed by atoms with Crippen LogP contribution in [0, 0.1) is 11.8 Å². The molecule has 2 rings (SSSR count). The maximum absolute atomic E-state index is 12.6. The second-order valence-corrected chi connectivity index (χ2v) is 10.3. The van der Waals surface area contributed by atoms with E-state index >= 15 is 0 Å². The molecule has 1 aliphatic rings. The molecule has 1 saturated carbocycles. The molecule has 0 heterocycles. The Kier molecular flexibility index (Phi) is 11.9. The molecule has 0 radical (unpaired) electrons. The van der Waals surface area contributed by atoms with Crippen LogP contribution in [0.4, 0.5) is 0 Å². The maximum atomic E-state index is 12.6. The van der Waals surface area contributed by atoms with Crippen LogP contribution in [0.2, 0.25) is 5.02 Å². The highest BCUT2D eigenvalue weighted by molar-refractivity contribution is 7.99. The quantitative estimate of drug-likeness (QED) is 0.273. The Morgan fingerprint density at radius 2 is 2.17 bits per heavy atom. The summed E-state index contributed by atoms with van der Waals surface area (Å²) in [6.45, 7) is 8.31. The number of benzene rings is 1. The van der Waals surface area contributed by atoms with Gasteiger partial charge in [0.1, 0.15) is 0 Å². The molecule has 0 spiro atoms. The van der Waals surface area contributed by atoms with Gasteiger partial charge in [0.05, 0.1) is 17.2 Å². The number of aliphatic hydroxyl groups is 1. The molecule has 168 valence electrons. The second-order valence-electron chi connectivity index (χ2n) is 8.32. The van der Waals surface area contributed by atoms with Crippen molar-refractivity contribution in [3.05, 3.63) is 47.0 Å². The Hall–Kier alpha value is -1.01. The fourth-order valence-corrected chi connectivity index (χ4v) is 5.03. The minimum absolute atomic E-state index is 0.0925. The highest BCUT2D eigenvalue weighted by Gasteiger charge is 2.23. The Balaban J connectivity index is 1.69. The minimum atomic E-state index is -0.0925. The molecule has 6 heteroatoms. The van der Waals surface area contributed by atoms with E-state index < -0.39 is 0 Å². The van der Waals surface area contributed by atoms with Crippen molar-refractivity contribution in [2.45, 2.75) is 57.2 Å². The summed E-state index contributed by atoms with van der Waals surface area (Å²) in [4.78, 5) is 12.6. The van der Waals surface area contributed by atoms with E-state index in [4.69, 9.17) is 16.7 Å². The minimum Gasteiger partial charge on any atom is -0.395 e. The maximum Gasteiger partial charge on any atom is 0.252 e. The smallest absolute Gasteiger partial charge is 0.252 e. The molecule has 0 bridgehead atoms. The highest BCUT2D eigenvalue weighted by atomic mass is 35.5. The number of rotatable bonds is 14. The highest BCUT2D eigenvalue weighted by Crippen LogP contribution is 2.35. The molecule has 1 fully saturated rings. The van der Waals surface area contributed by atoms with Crippen LogP contribution in [0.5, 0.6) is 0 Å². The first-order valence-corrected chi connectivity index (χ1v) is 12.6. The molecule has 0 aromatic heterocycles. The van der Waals surface area contributed by atoms with Gasteiger partial charge in [-0.25, -0.2) is 0 Å². The molecule has 1 aliphatic carbocycles. The van der Waals surface area contributed by atoms with Gasteiger partial charge in [0, 0.05) is 30.6 Å². The first-order chi connectivity index (χ1) is 14.5. The van der Waals surface area contributed by atoms with Crippen molar-refractivity contribution >= 4 is 29.3 Å². The Morgan fingerprint density at radius 3 is 2.93 bits per heavy atom. The van der Waals surface area contributed by atoms with Crippen LogP contribution < -0.4 is 10.6 Å². The summed E-state index contributed by atoms with van der Waals surface area (Å²) in [5.41, 5.74) is 1.59. The van der Waals surface area contributed by atoms with E-state index in [1.807, 2.05) is 25.1 Å². The van der Waals surface area contributed by atoms with E-state index in [2.05, 4.69) is 17.2 Å². The molecule has 0 saturated heterocycles. The van der Waals surface area contributed by atoms with Crippen LogP contribution >= 0.6 is 23.4 Å². The number of hydrogen-bond donors (Lipinski definition) is 3. The van der Waals surface area contributed by atoms with Crippen LogP contribution in [0.3, 0.4) is 0 Å². The van der Waals surface area contributed by atoms with Crippen LogP contribution in [-0.4, -0.2) is 41.7 Å². The largest absolute Gasteiger partial charge is 0.395 e. The van der Waals surface area contributed by atoms with Crippen molar-refractivity contribution in [2.75, 3.05) is 25.4 Å².